The van der Waals surface area contributed by atoms with Crippen LogP contribution in [0.5, 0.6) is 0 Å². The maximum Gasteiger partial charge on any atom is 0.410 e. The molecule has 0 aliphatic carbocycles. The molecule has 0 saturated heterocycles. The van der Waals surface area contributed by atoms with Crippen LogP contribution in [0.25, 0.3) is 0 Å². The van der Waals surface area contributed by atoms with Crippen molar-refractivity contribution in [1.29, 1.82) is 0 Å². The molecule has 0 aromatic carbocycles. The topological polar surface area (TPSA) is 58.2 Å². The molecule has 5 nitrogen and oxygen atoms in total. The molecule has 0 fully saturated rings. The van der Waals surface area contributed by atoms with E-state index in [-0.39, 0.29) is 6.09 Å². The number of carbonyl (C=O) groups excluding carboxylic acids is 1. The molecule has 6 heteroatoms. The van der Waals surface area contributed by atoms with E-state index >= 15 is 0 Å². The first-order valence-corrected chi connectivity index (χ1v) is 7.21. The molecule has 18 heavy (non-hydrogen) atoms. The molecule has 0 bridgehead atoms. The number of thioether (sulfide) groups is 1. The molecule has 0 radical (unpaired) electrons. The molecule has 1 N–H and O–H groups in total. The van der Waals surface area contributed by atoms with Gasteiger partial charge in [-0.15, -0.1) is 11.8 Å². The third-order valence-corrected chi connectivity index (χ3v) is 3.46. The van der Waals surface area contributed by atoms with E-state index in [0.29, 0.717) is 13.1 Å². The number of carbonyl (C=O) groups is 1. The van der Waals surface area contributed by atoms with Gasteiger partial charge in [-0.2, -0.15) is 5.10 Å². The van der Waals surface area contributed by atoms with Crippen molar-refractivity contribution in [1.82, 2.24) is 15.1 Å². The first-order chi connectivity index (χ1) is 8.40. The molecular weight excluding hydrogens is 250 g/mol. The van der Waals surface area contributed by atoms with Crippen LogP contribution in [0, 0.1) is 0 Å². The van der Waals surface area contributed by atoms with E-state index in [4.69, 9.17) is 4.74 Å². The molecule has 0 unspecified atom stereocenters. The second-order valence-electron chi connectivity index (χ2n) is 5.34. The van der Waals surface area contributed by atoms with Crippen molar-refractivity contribution < 1.29 is 9.53 Å². The Morgan fingerprint density at radius 3 is 2.83 bits per heavy atom. The van der Waals surface area contributed by atoms with Crippen LogP contribution in [0.3, 0.4) is 0 Å². The maximum atomic E-state index is 12.0. The Balaban J connectivity index is 2.09. The van der Waals surface area contributed by atoms with Gasteiger partial charge >= 0.3 is 6.09 Å². The normalized spacial score (nSPS) is 15.4. The standard InChI is InChI=1S/C12H19N3O2S/c1-12(2,3)17-11(16)15-6-5-9-8(7-15)10(18-4)14-13-9/h5-7H2,1-4H3,(H,13,14). The second-order valence-corrected chi connectivity index (χ2v) is 6.14. The van der Waals surface area contributed by atoms with Crippen LogP contribution in [-0.4, -0.2) is 39.6 Å². The number of ether oxygens (including phenoxy) is 1. The Bertz CT molecular complexity index is 437. The molecule has 1 amide bonds. The zero-order valence-corrected chi connectivity index (χ0v) is 12.1. The summed E-state index contributed by atoms with van der Waals surface area (Å²) in [5, 5.41) is 8.25. The van der Waals surface area contributed by atoms with Crippen molar-refractivity contribution in [3.05, 3.63) is 11.3 Å². The van der Waals surface area contributed by atoms with Crippen LogP contribution in [-0.2, 0) is 17.7 Å². The minimum absolute atomic E-state index is 0.249. The van der Waals surface area contributed by atoms with Crippen molar-refractivity contribution >= 4 is 17.9 Å². The maximum absolute atomic E-state index is 12.0. The van der Waals surface area contributed by atoms with Crippen LogP contribution in [0.2, 0.25) is 0 Å². The van der Waals surface area contributed by atoms with Crippen LogP contribution < -0.4 is 0 Å². The van der Waals surface area contributed by atoms with Gasteiger partial charge in [-0.25, -0.2) is 4.79 Å². The lowest BCUT2D eigenvalue weighted by atomic mass is 10.1. The summed E-state index contributed by atoms with van der Waals surface area (Å²) >= 11 is 1.60. The second kappa shape index (κ2) is 4.84. The first kappa shape index (κ1) is 13.3. The predicted octanol–water partition coefficient (Wildman–Crippen LogP) is 2.42. The average Bonchev–Trinajstić information content (AvgIpc) is 2.68. The number of H-pyrrole nitrogens is 1. The quantitative estimate of drug-likeness (QED) is 0.795. The summed E-state index contributed by atoms with van der Waals surface area (Å²) in [7, 11) is 0. The number of aromatic nitrogens is 2. The van der Waals surface area contributed by atoms with E-state index in [2.05, 4.69) is 10.2 Å². The van der Waals surface area contributed by atoms with Gasteiger partial charge in [-0.3, -0.25) is 5.10 Å². The summed E-state index contributed by atoms with van der Waals surface area (Å²) in [6.07, 6.45) is 2.55. The third-order valence-electron chi connectivity index (χ3n) is 2.74. The molecule has 0 atom stereocenters. The first-order valence-electron chi connectivity index (χ1n) is 5.99. The molecule has 1 aliphatic rings. The van der Waals surface area contributed by atoms with E-state index in [1.165, 1.54) is 0 Å². The minimum Gasteiger partial charge on any atom is -0.444 e. The fourth-order valence-electron chi connectivity index (χ4n) is 1.92. The number of rotatable bonds is 1. The van der Waals surface area contributed by atoms with Gasteiger partial charge in [0.25, 0.3) is 0 Å². The number of hydrogen-bond acceptors (Lipinski definition) is 4. The van der Waals surface area contributed by atoms with Gasteiger partial charge in [0.1, 0.15) is 10.6 Å². The number of nitrogens with zero attached hydrogens (tertiary/aromatic N) is 2. The molecule has 0 spiro atoms. The number of fused-ring (bicyclic) bond motifs is 1. The number of amides is 1. The fraction of sp³-hybridized carbons (Fsp3) is 0.667. The van der Waals surface area contributed by atoms with E-state index < -0.39 is 5.60 Å². The van der Waals surface area contributed by atoms with Gasteiger partial charge in [-0.1, -0.05) is 0 Å². The fourth-order valence-corrected chi connectivity index (χ4v) is 2.49. The van der Waals surface area contributed by atoms with Gasteiger partial charge < -0.3 is 9.64 Å². The molecule has 0 saturated carbocycles. The molecule has 2 rings (SSSR count). The highest BCUT2D eigenvalue weighted by molar-refractivity contribution is 7.98. The lowest BCUT2D eigenvalue weighted by Gasteiger charge is -2.29. The van der Waals surface area contributed by atoms with E-state index in [1.54, 1.807) is 16.7 Å². The zero-order chi connectivity index (χ0) is 13.3. The van der Waals surface area contributed by atoms with Crippen molar-refractivity contribution in [2.45, 2.75) is 44.4 Å². The van der Waals surface area contributed by atoms with Crippen LogP contribution in [0.15, 0.2) is 5.03 Å². The molecule has 2 heterocycles. The molecule has 100 valence electrons. The SMILES string of the molecule is CSc1n[nH]c2c1CN(C(=O)OC(C)(C)C)CC2. The van der Waals surface area contributed by atoms with Crippen LogP contribution in [0.4, 0.5) is 4.79 Å². The Kier molecular flexibility index (Phi) is 3.56. The lowest BCUT2D eigenvalue weighted by Crippen LogP contribution is -2.39. The average molecular weight is 269 g/mol. The van der Waals surface area contributed by atoms with E-state index in [0.717, 1.165) is 22.7 Å². The molecule has 1 aromatic rings. The van der Waals surface area contributed by atoms with E-state index in [1.807, 2.05) is 27.0 Å². The van der Waals surface area contributed by atoms with Gasteiger partial charge in [-0.05, 0) is 27.0 Å². The summed E-state index contributed by atoms with van der Waals surface area (Å²) < 4.78 is 5.39. The Morgan fingerprint density at radius 1 is 1.50 bits per heavy atom. The number of hydrogen-bond donors (Lipinski definition) is 1. The Morgan fingerprint density at radius 2 is 2.22 bits per heavy atom. The van der Waals surface area contributed by atoms with Crippen LogP contribution >= 0.6 is 11.8 Å². The molecule has 1 aliphatic heterocycles. The van der Waals surface area contributed by atoms with Crippen molar-refractivity contribution in [3.8, 4) is 0 Å². The lowest BCUT2D eigenvalue weighted by molar-refractivity contribution is 0.0222. The largest absolute Gasteiger partial charge is 0.444 e. The summed E-state index contributed by atoms with van der Waals surface area (Å²) in [6, 6.07) is 0. The van der Waals surface area contributed by atoms with Crippen molar-refractivity contribution in [2.75, 3.05) is 12.8 Å². The van der Waals surface area contributed by atoms with Crippen molar-refractivity contribution in [2.24, 2.45) is 0 Å². The highest BCUT2D eigenvalue weighted by Gasteiger charge is 2.28. The Labute approximate surface area is 111 Å². The van der Waals surface area contributed by atoms with Gasteiger partial charge in [0, 0.05) is 24.2 Å². The van der Waals surface area contributed by atoms with Crippen LogP contribution in [0.1, 0.15) is 32.0 Å². The predicted molar refractivity (Wildman–Crippen MR) is 70.7 cm³/mol. The monoisotopic (exact) mass is 269 g/mol. The smallest absolute Gasteiger partial charge is 0.410 e. The highest BCUT2D eigenvalue weighted by Crippen LogP contribution is 2.26. The molecule has 1 aromatic heterocycles. The summed E-state index contributed by atoms with van der Waals surface area (Å²) in [4.78, 5) is 13.8. The number of nitrogens with one attached hydrogen (secondary N) is 1. The Hall–Kier alpha value is -1.17. The zero-order valence-electron chi connectivity index (χ0n) is 11.2. The summed E-state index contributed by atoms with van der Waals surface area (Å²) in [6.45, 7) is 6.90. The highest BCUT2D eigenvalue weighted by atomic mass is 32.2. The third kappa shape index (κ3) is 2.80. The van der Waals surface area contributed by atoms with Gasteiger partial charge in [0.2, 0.25) is 0 Å². The minimum atomic E-state index is -0.448. The molecular formula is C12H19N3O2S. The summed E-state index contributed by atoms with van der Waals surface area (Å²) in [5.41, 5.74) is 1.81. The summed E-state index contributed by atoms with van der Waals surface area (Å²) in [5.74, 6) is 0. The van der Waals surface area contributed by atoms with Crippen molar-refractivity contribution in [3.63, 3.8) is 0 Å². The number of aromatic amines is 1. The van der Waals surface area contributed by atoms with Gasteiger partial charge in [0.15, 0.2) is 0 Å². The van der Waals surface area contributed by atoms with Gasteiger partial charge in [0.05, 0.1) is 6.54 Å². The van der Waals surface area contributed by atoms with E-state index in [9.17, 15) is 4.79 Å².